The number of allylic oxidation sites excluding steroid dienone is 6. The van der Waals surface area contributed by atoms with Crippen LogP contribution < -0.4 is 0 Å². The molecule has 2 aliphatic rings. The van der Waals surface area contributed by atoms with E-state index in [2.05, 4.69) is 24.3 Å². The van der Waals surface area contributed by atoms with E-state index in [1.807, 2.05) is 6.08 Å². The Morgan fingerprint density at radius 2 is 1.87 bits per heavy atom. The number of ketones is 1. The highest BCUT2D eigenvalue weighted by molar-refractivity contribution is 5.90. The maximum absolute atomic E-state index is 11.2. The van der Waals surface area contributed by atoms with Crippen molar-refractivity contribution in [3.63, 3.8) is 0 Å². The van der Waals surface area contributed by atoms with E-state index in [4.69, 9.17) is 0 Å². The van der Waals surface area contributed by atoms with E-state index >= 15 is 0 Å². The number of rotatable bonds is 2. The Morgan fingerprint density at radius 1 is 1.07 bits per heavy atom. The van der Waals surface area contributed by atoms with E-state index in [9.17, 15) is 4.79 Å². The van der Waals surface area contributed by atoms with Crippen molar-refractivity contribution in [1.82, 2.24) is 0 Å². The summed E-state index contributed by atoms with van der Waals surface area (Å²) in [5.41, 5.74) is 0. The fourth-order valence-corrected chi connectivity index (χ4v) is 2.24. The van der Waals surface area contributed by atoms with Gasteiger partial charge in [-0.2, -0.15) is 0 Å². The molecule has 1 heteroatoms. The molecule has 0 saturated carbocycles. The van der Waals surface area contributed by atoms with Crippen molar-refractivity contribution in [3.8, 4) is 0 Å². The molecule has 0 aliphatic heterocycles. The van der Waals surface area contributed by atoms with Crippen LogP contribution in [0.25, 0.3) is 0 Å². The molecule has 0 radical (unpaired) electrons. The second-order valence-electron chi connectivity index (χ2n) is 4.50. The van der Waals surface area contributed by atoms with Crippen LogP contribution in [0.3, 0.4) is 0 Å². The number of hydrogen-bond acceptors (Lipinski definition) is 1. The maximum atomic E-state index is 11.2. The van der Waals surface area contributed by atoms with Crippen LogP contribution >= 0.6 is 0 Å². The topological polar surface area (TPSA) is 17.1 Å². The summed E-state index contributed by atoms with van der Waals surface area (Å²) in [6, 6.07) is 0. The molecule has 1 nitrogen and oxygen atoms in total. The van der Waals surface area contributed by atoms with Gasteiger partial charge in [0.1, 0.15) is 0 Å². The standard InChI is InChI=1S/C14H18O/c15-14-8-4-7-13(11-14)10-9-12-5-2-1-3-6-12/h1-2,4,8-10,12-13H,3,5-7,11H2/b10-9+. The lowest BCUT2D eigenvalue weighted by atomic mass is 9.89. The molecule has 0 aromatic carbocycles. The summed E-state index contributed by atoms with van der Waals surface area (Å²) in [6.45, 7) is 0. The van der Waals surface area contributed by atoms with Gasteiger partial charge in [-0.1, -0.05) is 30.4 Å². The second-order valence-corrected chi connectivity index (χ2v) is 4.50. The van der Waals surface area contributed by atoms with E-state index in [1.54, 1.807) is 6.08 Å². The van der Waals surface area contributed by atoms with Gasteiger partial charge in [0.2, 0.25) is 0 Å². The smallest absolute Gasteiger partial charge is 0.155 e. The Hall–Kier alpha value is -1.11. The average Bonchev–Trinajstić information content (AvgIpc) is 2.28. The van der Waals surface area contributed by atoms with Gasteiger partial charge in [-0.15, -0.1) is 0 Å². The highest BCUT2D eigenvalue weighted by atomic mass is 16.1. The van der Waals surface area contributed by atoms with Crippen molar-refractivity contribution in [2.75, 3.05) is 0 Å². The second kappa shape index (κ2) is 5.11. The number of carbonyl (C=O) groups excluding carboxylic acids is 1. The summed E-state index contributed by atoms with van der Waals surface area (Å²) in [5, 5.41) is 0. The van der Waals surface area contributed by atoms with Crippen molar-refractivity contribution >= 4 is 5.78 Å². The van der Waals surface area contributed by atoms with E-state index in [1.165, 1.54) is 19.3 Å². The van der Waals surface area contributed by atoms with Crippen LogP contribution in [0, 0.1) is 11.8 Å². The molecule has 0 saturated heterocycles. The quantitative estimate of drug-likeness (QED) is 0.627. The molecule has 2 atom stereocenters. The van der Waals surface area contributed by atoms with Crippen LogP contribution in [0.2, 0.25) is 0 Å². The van der Waals surface area contributed by atoms with Crippen LogP contribution in [0.4, 0.5) is 0 Å². The van der Waals surface area contributed by atoms with Crippen LogP contribution in [-0.2, 0) is 4.79 Å². The Balaban J connectivity index is 1.85. The minimum atomic E-state index is 0.277. The van der Waals surface area contributed by atoms with Crippen molar-refractivity contribution in [1.29, 1.82) is 0 Å². The van der Waals surface area contributed by atoms with Crippen molar-refractivity contribution in [2.45, 2.75) is 32.1 Å². The summed E-state index contributed by atoms with van der Waals surface area (Å²) >= 11 is 0. The zero-order chi connectivity index (χ0) is 10.5. The van der Waals surface area contributed by atoms with Gasteiger partial charge in [0.15, 0.2) is 5.78 Å². The van der Waals surface area contributed by atoms with Gasteiger partial charge in [-0.25, -0.2) is 0 Å². The molecule has 0 amide bonds. The Kier molecular flexibility index (Phi) is 3.54. The van der Waals surface area contributed by atoms with Crippen LogP contribution in [0.5, 0.6) is 0 Å². The molecule has 2 aliphatic carbocycles. The zero-order valence-corrected chi connectivity index (χ0v) is 9.06. The Labute approximate surface area is 91.6 Å². The first-order valence-corrected chi connectivity index (χ1v) is 5.87. The van der Waals surface area contributed by atoms with Gasteiger partial charge < -0.3 is 0 Å². The molecule has 0 bridgehead atoms. The third-order valence-corrected chi connectivity index (χ3v) is 3.17. The maximum Gasteiger partial charge on any atom is 0.155 e. The van der Waals surface area contributed by atoms with Crippen molar-refractivity contribution in [3.05, 3.63) is 36.5 Å². The van der Waals surface area contributed by atoms with E-state index in [-0.39, 0.29) is 5.78 Å². The first-order valence-electron chi connectivity index (χ1n) is 5.87. The monoisotopic (exact) mass is 202 g/mol. The highest BCUT2D eigenvalue weighted by Gasteiger charge is 2.13. The third kappa shape index (κ3) is 3.19. The summed E-state index contributed by atoms with van der Waals surface area (Å²) in [7, 11) is 0. The van der Waals surface area contributed by atoms with Gasteiger partial charge in [0.25, 0.3) is 0 Å². The van der Waals surface area contributed by atoms with Crippen molar-refractivity contribution in [2.24, 2.45) is 11.8 Å². The van der Waals surface area contributed by atoms with Gasteiger partial charge in [-0.3, -0.25) is 4.79 Å². The zero-order valence-electron chi connectivity index (χ0n) is 9.06. The average molecular weight is 202 g/mol. The Morgan fingerprint density at radius 3 is 2.60 bits per heavy atom. The lowest BCUT2D eigenvalue weighted by Gasteiger charge is -2.16. The van der Waals surface area contributed by atoms with E-state index in [0.717, 1.165) is 6.42 Å². The summed E-state index contributed by atoms with van der Waals surface area (Å²) in [5.74, 6) is 1.43. The first-order chi connectivity index (χ1) is 7.34. The summed E-state index contributed by atoms with van der Waals surface area (Å²) in [4.78, 5) is 11.2. The van der Waals surface area contributed by atoms with E-state index < -0.39 is 0 Å². The van der Waals surface area contributed by atoms with Gasteiger partial charge >= 0.3 is 0 Å². The predicted molar refractivity (Wildman–Crippen MR) is 62.5 cm³/mol. The minimum Gasteiger partial charge on any atom is -0.295 e. The fourth-order valence-electron chi connectivity index (χ4n) is 2.24. The molecule has 2 rings (SSSR count). The molecular formula is C14H18O. The summed E-state index contributed by atoms with van der Waals surface area (Å²) < 4.78 is 0. The molecule has 0 aromatic rings. The van der Waals surface area contributed by atoms with Gasteiger partial charge in [0.05, 0.1) is 0 Å². The first kappa shape index (κ1) is 10.4. The number of carbonyl (C=O) groups is 1. The predicted octanol–water partition coefficient (Wildman–Crippen LogP) is 3.43. The molecule has 2 unspecified atom stereocenters. The Bertz CT molecular complexity index is 309. The molecule has 0 N–H and O–H groups in total. The normalized spacial score (nSPS) is 31.3. The molecule has 0 aromatic heterocycles. The number of hydrogen-bond donors (Lipinski definition) is 0. The van der Waals surface area contributed by atoms with Gasteiger partial charge in [-0.05, 0) is 43.6 Å². The largest absolute Gasteiger partial charge is 0.295 e. The highest BCUT2D eigenvalue weighted by Crippen LogP contribution is 2.22. The molecular weight excluding hydrogens is 184 g/mol. The molecule has 0 heterocycles. The minimum absolute atomic E-state index is 0.277. The van der Waals surface area contributed by atoms with Crippen LogP contribution in [0.1, 0.15) is 32.1 Å². The third-order valence-electron chi connectivity index (χ3n) is 3.17. The molecule has 0 fully saturated rings. The molecule has 15 heavy (non-hydrogen) atoms. The molecule has 0 spiro atoms. The van der Waals surface area contributed by atoms with Crippen LogP contribution in [-0.4, -0.2) is 5.78 Å². The van der Waals surface area contributed by atoms with Gasteiger partial charge in [0, 0.05) is 6.42 Å². The fraction of sp³-hybridized carbons (Fsp3) is 0.500. The summed E-state index contributed by atoms with van der Waals surface area (Å²) in [6.07, 6.45) is 18.2. The lowest BCUT2D eigenvalue weighted by Crippen LogP contribution is -2.08. The lowest BCUT2D eigenvalue weighted by molar-refractivity contribution is -0.115. The van der Waals surface area contributed by atoms with Crippen molar-refractivity contribution < 1.29 is 4.79 Å². The SMILES string of the molecule is O=C1C=CCC(/C=C/C2CC=CCC2)C1. The van der Waals surface area contributed by atoms with Crippen LogP contribution in [0.15, 0.2) is 36.5 Å². The molecule has 80 valence electrons. The van der Waals surface area contributed by atoms with E-state index in [0.29, 0.717) is 18.3 Å².